The minimum atomic E-state index is -0.161. The molecule has 0 saturated carbocycles. The van der Waals surface area contributed by atoms with Crippen molar-refractivity contribution in [1.82, 2.24) is 0 Å². The van der Waals surface area contributed by atoms with Gasteiger partial charge >= 0.3 is 6.85 Å². The van der Waals surface area contributed by atoms with Crippen molar-refractivity contribution < 1.29 is 9.47 Å². The van der Waals surface area contributed by atoms with Crippen LogP contribution < -0.4 is 35.0 Å². The van der Waals surface area contributed by atoms with Gasteiger partial charge in [-0.05, 0) is 155 Å². The fourth-order valence-corrected chi connectivity index (χ4v) is 10.9. The van der Waals surface area contributed by atoms with Crippen LogP contribution in [0.15, 0.2) is 170 Å². The topological polar surface area (TPSA) is 28.2 Å². The third-order valence-electron chi connectivity index (χ3n) is 14.3. The average Bonchev–Trinajstić information content (AvgIpc) is 3.30. The fraction of sp³-hybridized carbons (Fsp3) is 0.172. The number of para-hydroxylation sites is 5. The second-order valence-corrected chi connectivity index (χ2v) is 19.4. The van der Waals surface area contributed by atoms with Crippen LogP contribution in [0.1, 0.15) is 62.8 Å². The van der Waals surface area contributed by atoms with E-state index in [0.717, 1.165) is 57.6 Å². The Morgan fingerprint density at radius 3 is 1.70 bits per heavy atom. The first-order chi connectivity index (χ1) is 31.0. The van der Waals surface area contributed by atoms with Gasteiger partial charge in [-0.1, -0.05) is 113 Å². The van der Waals surface area contributed by atoms with Crippen LogP contribution in [-0.2, 0) is 10.8 Å². The molecule has 8 aromatic carbocycles. The minimum absolute atomic E-state index is 0.0303. The van der Waals surface area contributed by atoms with E-state index in [2.05, 4.69) is 202 Å². The van der Waals surface area contributed by atoms with Crippen LogP contribution in [0.4, 0.5) is 45.5 Å². The Kier molecular flexibility index (Phi) is 8.52. The van der Waals surface area contributed by atoms with Crippen molar-refractivity contribution in [3.05, 3.63) is 192 Å². The highest BCUT2D eigenvalue weighted by atomic mass is 16.6. The fourth-order valence-electron chi connectivity index (χ4n) is 10.9. The summed E-state index contributed by atoms with van der Waals surface area (Å²) in [5, 5.41) is 0. The Labute approximate surface area is 377 Å². The van der Waals surface area contributed by atoms with Crippen molar-refractivity contribution in [2.24, 2.45) is 0 Å². The standard InChI is InChI=1S/C58H50BN3O2/c1-37-30-44-43-34-54-55(64-53-25-17-16-24-52(53)63-54)36-49(43)62(41-22-14-9-15-23-41)59-47-27-26-42(60(39-18-10-7-11-19-39)40-20-12-8-13-21-40)33-50(47)61(51(31-37)56(44)59)48-35-46-45(32-38(48)2)57(3,4)28-29-58(46,5)6/h7-27,30-36H,28-29H2,1-6H3. The van der Waals surface area contributed by atoms with Crippen molar-refractivity contribution in [3.63, 3.8) is 0 Å². The maximum atomic E-state index is 6.64. The third-order valence-corrected chi connectivity index (χ3v) is 14.3. The second kappa shape index (κ2) is 14.2. The molecule has 12 rings (SSSR count). The summed E-state index contributed by atoms with van der Waals surface area (Å²) < 4.78 is 13.3. The van der Waals surface area contributed by atoms with Crippen molar-refractivity contribution in [2.45, 2.75) is 65.2 Å². The van der Waals surface area contributed by atoms with Gasteiger partial charge in [-0.3, -0.25) is 0 Å². The number of fused-ring (bicyclic) bond motifs is 7. The Morgan fingerprint density at radius 1 is 0.484 bits per heavy atom. The molecule has 64 heavy (non-hydrogen) atoms. The number of aryl methyl sites for hydroxylation is 2. The molecule has 0 saturated heterocycles. The summed E-state index contributed by atoms with van der Waals surface area (Å²) in [5.41, 5.74) is 19.4. The lowest BCUT2D eigenvalue weighted by Crippen LogP contribution is -2.61. The Balaban J connectivity index is 1.17. The molecule has 0 amide bonds. The number of rotatable bonds is 5. The first kappa shape index (κ1) is 38.5. The van der Waals surface area contributed by atoms with Crippen molar-refractivity contribution in [3.8, 4) is 34.1 Å². The highest BCUT2D eigenvalue weighted by molar-refractivity contribution is 6.93. The number of hydrogen-bond donors (Lipinski definition) is 0. The number of anilines is 8. The maximum absolute atomic E-state index is 6.64. The van der Waals surface area contributed by atoms with Crippen LogP contribution >= 0.6 is 0 Å². The van der Waals surface area contributed by atoms with Gasteiger partial charge in [0.15, 0.2) is 23.0 Å². The lowest BCUT2D eigenvalue weighted by molar-refractivity contribution is 0.332. The van der Waals surface area contributed by atoms with E-state index in [9.17, 15) is 0 Å². The van der Waals surface area contributed by atoms with E-state index >= 15 is 0 Å². The molecule has 1 aliphatic carbocycles. The molecule has 312 valence electrons. The van der Waals surface area contributed by atoms with Gasteiger partial charge in [0.1, 0.15) is 0 Å². The first-order valence-corrected chi connectivity index (χ1v) is 22.7. The van der Waals surface area contributed by atoms with E-state index in [1.807, 2.05) is 24.3 Å². The molecule has 0 radical (unpaired) electrons. The molecule has 0 N–H and O–H groups in total. The molecular weight excluding hydrogens is 781 g/mol. The molecule has 6 heteroatoms. The van der Waals surface area contributed by atoms with E-state index in [4.69, 9.17) is 9.47 Å². The summed E-state index contributed by atoms with van der Waals surface area (Å²) in [7, 11) is 0. The summed E-state index contributed by atoms with van der Waals surface area (Å²) in [6, 6.07) is 61.7. The number of benzene rings is 8. The van der Waals surface area contributed by atoms with Gasteiger partial charge in [0.05, 0.1) is 0 Å². The van der Waals surface area contributed by atoms with E-state index in [0.29, 0.717) is 11.5 Å². The zero-order valence-corrected chi connectivity index (χ0v) is 37.3. The van der Waals surface area contributed by atoms with Crippen molar-refractivity contribution in [1.29, 1.82) is 0 Å². The van der Waals surface area contributed by atoms with Crippen molar-refractivity contribution in [2.75, 3.05) is 14.6 Å². The zero-order valence-electron chi connectivity index (χ0n) is 37.3. The molecular formula is C58H50BN3O2. The second-order valence-electron chi connectivity index (χ2n) is 19.4. The summed E-state index contributed by atoms with van der Waals surface area (Å²) in [4.78, 5) is 7.52. The summed E-state index contributed by atoms with van der Waals surface area (Å²) >= 11 is 0. The van der Waals surface area contributed by atoms with E-state index in [1.165, 1.54) is 56.5 Å². The van der Waals surface area contributed by atoms with E-state index in [-0.39, 0.29) is 17.7 Å². The summed E-state index contributed by atoms with van der Waals surface area (Å²) in [5.74, 6) is 2.86. The lowest BCUT2D eigenvalue weighted by Gasteiger charge is -2.47. The van der Waals surface area contributed by atoms with E-state index in [1.54, 1.807) is 0 Å². The molecule has 3 aliphatic heterocycles. The molecule has 3 heterocycles. The molecule has 0 aromatic heterocycles. The summed E-state index contributed by atoms with van der Waals surface area (Å²) in [6.07, 6.45) is 2.31. The molecule has 4 aliphatic rings. The Hall–Kier alpha value is -7.18. The molecule has 0 unspecified atom stereocenters. The highest BCUT2D eigenvalue weighted by Crippen LogP contribution is 2.55. The van der Waals surface area contributed by atoms with Crippen LogP contribution in [0.2, 0.25) is 0 Å². The molecule has 0 atom stereocenters. The predicted octanol–water partition coefficient (Wildman–Crippen LogP) is 14.7. The number of ether oxygens (including phenoxy) is 2. The normalized spacial score (nSPS) is 15.6. The van der Waals surface area contributed by atoms with Crippen LogP contribution in [-0.4, -0.2) is 6.85 Å². The van der Waals surface area contributed by atoms with Crippen LogP contribution in [0, 0.1) is 13.8 Å². The first-order valence-electron chi connectivity index (χ1n) is 22.7. The molecule has 0 fully saturated rings. The van der Waals surface area contributed by atoms with E-state index < -0.39 is 0 Å². The minimum Gasteiger partial charge on any atom is -0.449 e. The van der Waals surface area contributed by atoms with Gasteiger partial charge in [-0.2, -0.15) is 0 Å². The van der Waals surface area contributed by atoms with Crippen LogP contribution in [0.25, 0.3) is 11.1 Å². The quantitative estimate of drug-likeness (QED) is 0.161. The Morgan fingerprint density at radius 2 is 1.06 bits per heavy atom. The SMILES string of the molecule is Cc1cc2c3c(c1)N(c1cc4c(cc1C)C(C)(C)CCC4(C)C)c1cc(N(c4ccccc4)c4ccccc4)ccc1B3N(c1ccccc1)c1cc3c(cc1-2)Oc1ccccc1O3. The van der Waals surface area contributed by atoms with Crippen molar-refractivity contribution >= 4 is 63.3 Å². The Bertz CT molecular complexity index is 3120. The highest BCUT2D eigenvalue weighted by Gasteiger charge is 2.47. The van der Waals surface area contributed by atoms with Gasteiger partial charge < -0.3 is 24.1 Å². The molecule has 5 nitrogen and oxygen atoms in total. The van der Waals surface area contributed by atoms with Crippen LogP contribution in [0.3, 0.4) is 0 Å². The zero-order chi connectivity index (χ0) is 43.5. The van der Waals surface area contributed by atoms with Gasteiger partial charge in [-0.15, -0.1) is 0 Å². The molecule has 0 bridgehead atoms. The third kappa shape index (κ3) is 5.92. The molecule has 0 spiro atoms. The number of nitrogens with zero attached hydrogens (tertiary/aromatic N) is 3. The monoisotopic (exact) mass is 831 g/mol. The smallest absolute Gasteiger partial charge is 0.333 e. The average molecular weight is 832 g/mol. The van der Waals surface area contributed by atoms with Crippen LogP contribution in [0.5, 0.6) is 23.0 Å². The number of hydrogen-bond acceptors (Lipinski definition) is 5. The van der Waals surface area contributed by atoms with Gasteiger partial charge in [0.25, 0.3) is 0 Å². The predicted molar refractivity (Wildman–Crippen MR) is 266 cm³/mol. The molecule has 8 aromatic rings. The largest absolute Gasteiger partial charge is 0.449 e. The van der Waals surface area contributed by atoms with Gasteiger partial charge in [0.2, 0.25) is 0 Å². The van der Waals surface area contributed by atoms with Gasteiger partial charge in [0, 0.05) is 57.1 Å². The maximum Gasteiger partial charge on any atom is 0.333 e. The van der Waals surface area contributed by atoms with Gasteiger partial charge in [-0.25, -0.2) is 0 Å². The summed E-state index contributed by atoms with van der Waals surface area (Å²) in [6.45, 7) is 14.1. The lowest BCUT2D eigenvalue weighted by atomic mass is 9.43.